The second kappa shape index (κ2) is 7.48. The van der Waals surface area contributed by atoms with Gasteiger partial charge in [-0.05, 0) is 17.5 Å². The first kappa shape index (κ1) is 15.9. The molecule has 2 rings (SSSR count). The van der Waals surface area contributed by atoms with Crippen LogP contribution in [-0.4, -0.2) is 23.1 Å². The Labute approximate surface area is 135 Å². The van der Waals surface area contributed by atoms with Crippen LogP contribution in [0.5, 0.6) is 0 Å². The summed E-state index contributed by atoms with van der Waals surface area (Å²) < 4.78 is 0. The van der Waals surface area contributed by atoms with Crippen LogP contribution in [0.15, 0.2) is 48.5 Å². The Morgan fingerprint density at radius 1 is 0.667 bits per heavy atom. The van der Waals surface area contributed by atoms with Crippen LogP contribution in [0.1, 0.15) is 31.8 Å². The first-order valence-electron chi connectivity index (χ1n) is 6.60. The molecule has 0 fully saturated rings. The van der Waals surface area contributed by atoms with Gasteiger partial charge in [-0.3, -0.25) is 9.59 Å². The van der Waals surface area contributed by atoms with Gasteiger partial charge in [-0.1, -0.05) is 48.5 Å². The third-order valence-corrected chi connectivity index (χ3v) is 3.82. The zero-order valence-electron chi connectivity index (χ0n) is 11.5. The molecule has 4 heteroatoms. The molecule has 0 aliphatic rings. The van der Waals surface area contributed by atoms with Crippen molar-refractivity contribution in [2.45, 2.75) is 6.42 Å². The maximum atomic E-state index is 11.5. The quantitative estimate of drug-likeness (QED) is 0.632. The number of hydrogen-bond acceptors (Lipinski definition) is 4. The number of carbonyl (C=O) groups excluding carboxylic acids is 2. The normalized spacial score (nSPS) is 10.4. The third-order valence-electron chi connectivity index (χ3n) is 3.25. The van der Waals surface area contributed by atoms with E-state index in [1.165, 1.54) is 0 Å². The molecule has 0 saturated heterocycles. The minimum Gasteiger partial charge on any atom is -0.293 e. The molecule has 2 aromatic carbocycles. The van der Waals surface area contributed by atoms with Crippen LogP contribution in [0.2, 0.25) is 0 Å². The maximum absolute atomic E-state index is 11.5. The molecule has 0 radical (unpaired) electrons. The lowest BCUT2D eigenvalue weighted by Crippen LogP contribution is -2.01. The second-order valence-electron chi connectivity index (χ2n) is 4.73. The number of ketones is 2. The van der Waals surface area contributed by atoms with Crippen molar-refractivity contribution < 1.29 is 9.59 Å². The van der Waals surface area contributed by atoms with Gasteiger partial charge in [0.2, 0.25) is 0 Å². The molecule has 0 saturated carbocycles. The van der Waals surface area contributed by atoms with E-state index < -0.39 is 0 Å². The molecule has 0 spiro atoms. The largest absolute Gasteiger partial charge is 0.293 e. The molecule has 0 atom stereocenters. The topological polar surface area (TPSA) is 34.1 Å². The smallest absolute Gasteiger partial charge is 0.172 e. The van der Waals surface area contributed by atoms with Crippen LogP contribution in [0.25, 0.3) is 0 Å². The first-order chi connectivity index (χ1) is 10.1. The summed E-state index contributed by atoms with van der Waals surface area (Å²) >= 11 is 7.97. The lowest BCUT2D eigenvalue weighted by molar-refractivity contribution is 0.101. The molecule has 0 aliphatic heterocycles. The molecule has 2 aromatic rings. The van der Waals surface area contributed by atoms with Crippen molar-refractivity contribution >= 4 is 36.8 Å². The number of rotatable bonds is 6. The Hall–Kier alpha value is -1.52. The molecule has 0 aromatic heterocycles. The minimum atomic E-state index is 0.0273. The predicted molar refractivity (Wildman–Crippen MR) is 92.1 cm³/mol. The molecule has 0 heterocycles. The maximum Gasteiger partial charge on any atom is 0.172 e. The van der Waals surface area contributed by atoms with Crippen molar-refractivity contribution in [2.24, 2.45) is 0 Å². The molecule has 0 amide bonds. The zero-order valence-corrected chi connectivity index (χ0v) is 13.2. The molecular formula is C17H16O2S2. The van der Waals surface area contributed by atoms with E-state index in [-0.39, 0.29) is 23.1 Å². The van der Waals surface area contributed by atoms with E-state index >= 15 is 0 Å². The van der Waals surface area contributed by atoms with Gasteiger partial charge in [-0.25, -0.2) is 0 Å². The van der Waals surface area contributed by atoms with E-state index in [9.17, 15) is 9.59 Å². The number of Topliss-reactive ketones (excluding diaryl/α,β-unsaturated/α-hetero) is 2. The summed E-state index contributed by atoms with van der Waals surface area (Å²) in [5.41, 5.74) is 3.62. The van der Waals surface area contributed by atoms with Crippen molar-refractivity contribution in [3.05, 3.63) is 70.8 Å². The van der Waals surface area contributed by atoms with Gasteiger partial charge >= 0.3 is 0 Å². The van der Waals surface area contributed by atoms with Crippen LogP contribution < -0.4 is 0 Å². The Balaban J connectivity index is 2.08. The fourth-order valence-corrected chi connectivity index (χ4v) is 2.40. The highest BCUT2D eigenvalue weighted by Gasteiger charge is 2.05. The van der Waals surface area contributed by atoms with Crippen LogP contribution in [-0.2, 0) is 6.42 Å². The summed E-state index contributed by atoms with van der Waals surface area (Å²) in [6.07, 6.45) is 0.769. The highest BCUT2D eigenvalue weighted by molar-refractivity contribution is 7.81. The molecular weight excluding hydrogens is 300 g/mol. The third kappa shape index (κ3) is 4.22. The Morgan fingerprint density at radius 3 is 1.29 bits per heavy atom. The van der Waals surface area contributed by atoms with Gasteiger partial charge in [0.25, 0.3) is 0 Å². The van der Waals surface area contributed by atoms with Crippen molar-refractivity contribution in [1.29, 1.82) is 0 Å². The minimum absolute atomic E-state index is 0.0273. The van der Waals surface area contributed by atoms with Crippen molar-refractivity contribution in [3.8, 4) is 0 Å². The van der Waals surface area contributed by atoms with E-state index in [0.29, 0.717) is 11.1 Å². The Morgan fingerprint density at radius 2 is 1.00 bits per heavy atom. The van der Waals surface area contributed by atoms with Gasteiger partial charge in [-0.2, -0.15) is 25.3 Å². The lowest BCUT2D eigenvalue weighted by Gasteiger charge is -2.05. The van der Waals surface area contributed by atoms with Crippen LogP contribution in [0, 0.1) is 0 Å². The summed E-state index contributed by atoms with van der Waals surface area (Å²) in [7, 11) is 0. The Bertz CT molecular complexity index is 573. The lowest BCUT2D eigenvalue weighted by atomic mass is 10.0. The highest BCUT2D eigenvalue weighted by Crippen LogP contribution is 2.13. The number of carbonyl (C=O) groups is 2. The van der Waals surface area contributed by atoms with Crippen molar-refractivity contribution in [3.63, 3.8) is 0 Å². The number of hydrogen-bond donors (Lipinski definition) is 2. The van der Waals surface area contributed by atoms with Crippen molar-refractivity contribution in [2.75, 3.05) is 11.5 Å². The Kier molecular flexibility index (Phi) is 5.65. The molecule has 0 aliphatic carbocycles. The van der Waals surface area contributed by atoms with E-state index in [2.05, 4.69) is 25.3 Å². The predicted octanol–water partition coefficient (Wildman–Crippen LogP) is 3.50. The second-order valence-corrected chi connectivity index (χ2v) is 5.37. The molecule has 108 valence electrons. The average molecular weight is 316 g/mol. The molecule has 21 heavy (non-hydrogen) atoms. The van der Waals surface area contributed by atoms with Gasteiger partial charge in [0.1, 0.15) is 0 Å². The summed E-state index contributed by atoms with van der Waals surface area (Å²) in [6.45, 7) is 0. The molecule has 0 N–H and O–H groups in total. The summed E-state index contributed by atoms with van der Waals surface area (Å²) in [6, 6.07) is 15.1. The van der Waals surface area contributed by atoms with E-state index in [1.807, 2.05) is 48.5 Å². The summed E-state index contributed by atoms with van der Waals surface area (Å²) in [4.78, 5) is 23.0. The van der Waals surface area contributed by atoms with E-state index in [1.54, 1.807) is 0 Å². The van der Waals surface area contributed by atoms with Gasteiger partial charge in [0.15, 0.2) is 11.6 Å². The fourth-order valence-electron chi connectivity index (χ4n) is 2.04. The molecule has 2 nitrogen and oxygen atoms in total. The number of benzene rings is 2. The van der Waals surface area contributed by atoms with Crippen molar-refractivity contribution in [1.82, 2.24) is 0 Å². The monoisotopic (exact) mass is 316 g/mol. The van der Waals surface area contributed by atoms with E-state index in [0.717, 1.165) is 17.5 Å². The van der Waals surface area contributed by atoms with E-state index in [4.69, 9.17) is 0 Å². The van der Waals surface area contributed by atoms with Gasteiger partial charge in [0, 0.05) is 11.1 Å². The standard InChI is InChI=1S/C17H16O2S2/c18-16(10-20)14-5-1-12(2-6-14)9-13-3-7-15(8-4-13)17(19)11-21/h1-8,20-21H,9-11H2. The zero-order chi connectivity index (χ0) is 15.2. The van der Waals surface area contributed by atoms with Gasteiger partial charge in [-0.15, -0.1) is 0 Å². The summed E-state index contributed by atoms with van der Waals surface area (Å²) in [5, 5.41) is 0. The van der Waals surface area contributed by atoms with Crippen LogP contribution in [0.4, 0.5) is 0 Å². The molecule has 0 unspecified atom stereocenters. The van der Waals surface area contributed by atoms with Crippen LogP contribution >= 0.6 is 25.3 Å². The van der Waals surface area contributed by atoms with Gasteiger partial charge in [0.05, 0.1) is 11.5 Å². The highest BCUT2D eigenvalue weighted by atomic mass is 32.1. The number of thiol groups is 2. The molecule has 0 bridgehead atoms. The summed E-state index contributed by atoms with van der Waals surface area (Å²) in [5.74, 6) is 0.499. The average Bonchev–Trinajstić information content (AvgIpc) is 2.55. The SMILES string of the molecule is O=C(CS)c1ccc(Cc2ccc(C(=O)CS)cc2)cc1. The van der Waals surface area contributed by atoms with Crippen LogP contribution in [0.3, 0.4) is 0 Å². The first-order valence-corrected chi connectivity index (χ1v) is 7.86. The fraction of sp³-hybridized carbons (Fsp3) is 0.176. The van der Waals surface area contributed by atoms with Gasteiger partial charge < -0.3 is 0 Å².